The topological polar surface area (TPSA) is 78.4 Å². The van der Waals surface area contributed by atoms with Crippen molar-refractivity contribution in [3.05, 3.63) is 65.5 Å². The number of rotatable bonds is 3. The molecule has 2 aromatic carbocycles. The fraction of sp³-hybridized carbons (Fsp3) is 0. The summed E-state index contributed by atoms with van der Waals surface area (Å²) in [7, 11) is 0. The molecule has 0 unspecified atom stereocenters. The first kappa shape index (κ1) is 15.6. The van der Waals surface area contributed by atoms with Crippen molar-refractivity contribution in [2.24, 2.45) is 0 Å². The van der Waals surface area contributed by atoms with Crippen molar-refractivity contribution in [1.82, 2.24) is 5.32 Å². The molecule has 2 aromatic rings. The fourth-order valence-corrected chi connectivity index (χ4v) is 1.91. The van der Waals surface area contributed by atoms with Crippen LogP contribution in [0.3, 0.4) is 0 Å². The van der Waals surface area contributed by atoms with Gasteiger partial charge in [-0.3, -0.25) is 10.1 Å². The van der Waals surface area contributed by atoms with Crippen molar-refractivity contribution >= 4 is 34.9 Å². The lowest BCUT2D eigenvalue weighted by Crippen LogP contribution is -2.34. The summed E-state index contributed by atoms with van der Waals surface area (Å²) in [5.74, 6) is -2.16. The monoisotopic (exact) mass is 318 g/mol. The van der Waals surface area contributed by atoms with Gasteiger partial charge in [0.15, 0.2) is 5.11 Å². The molecular weight excluding hydrogens is 307 g/mol. The number of anilines is 1. The van der Waals surface area contributed by atoms with Gasteiger partial charge in [-0.05, 0) is 48.6 Å². The van der Waals surface area contributed by atoms with Gasteiger partial charge in [-0.1, -0.05) is 12.1 Å². The SMILES string of the molecule is O=C(O)c1cccc(NC(=S)NC(=O)c2cccc(F)c2)c1. The zero-order chi connectivity index (χ0) is 16.1. The fourth-order valence-electron chi connectivity index (χ4n) is 1.70. The van der Waals surface area contributed by atoms with Crippen LogP contribution in [0.5, 0.6) is 0 Å². The molecule has 0 radical (unpaired) electrons. The van der Waals surface area contributed by atoms with Crippen LogP contribution in [-0.4, -0.2) is 22.1 Å². The highest BCUT2D eigenvalue weighted by Crippen LogP contribution is 2.10. The van der Waals surface area contributed by atoms with Crippen LogP contribution < -0.4 is 10.6 Å². The number of nitrogens with one attached hydrogen (secondary N) is 2. The molecule has 7 heteroatoms. The molecule has 0 fully saturated rings. The Kier molecular flexibility index (Phi) is 4.80. The van der Waals surface area contributed by atoms with Crippen LogP contribution >= 0.6 is 12.2 Å². The molecule has 0 spiro atoms. The van der Waals surface area contributed by atoms with E-state index >= 15 is 0 Å². The van der Waals surface area contributed by atoms with Gasteiger partial charge in [0.1, 0.15) is 5.82 Å². The molecule has 0 aliphatic carbocycles. The molecule has 22 heavy (non-hydrogen) atoms. The first-order valence-electron chi connectivity index (χ1n) is 6.17. The number of aromatic carboxylic acids is 1. The molecule has 0 bridgehead atoms. The maximum atomic E-state index is 13.0. The first-order chi connectivity index (χ1) is 10.5. The highest BCUT2D eigenvalue weighted by atomic mass is 32.1. The smallest absolute Gasteiger partial charge is 0.335 e. The second kappa shape index (κ2) is 6.77. The second-order valence-corrected chi connectivity index (χ2v) is 4.71. The summed E-state index contributed by atoms with van der Waals surface area (Å²) >= 11 is 4.97. The summed E-state index contributed by atoms with van der Waals surface area (Å²) in [5.41, 5.74) is 0.636. The van der Waals surface area contributed by atoms with Crippen molar-refractivity contribution < 1.29 is 19.1 Å². The van der Waals surface area contributed by atoms with E-state index in [1.807, 2.05) is 0 Å². The maximum Gasteiger partial charge on any atom is 0.335 e. The molecule has 0 saturated carbocycles. The van der Waals surface area contributed by atoms with Crippen LogP contribution in [0.4, 0.5) is 10.1 Å². The van der Waals surface area contributed by atoms with Crippen molar-refractivity contribution in [1.29, 1.82) is 0 Å². The predicted octanol–water partition coefficient (Wildman–Crippen LogP) is 2.65. The summed E-state index contributed by atoms with van der Waals surface area (Å²) in [5, 5.41) is 14.0. The Morgan fingerprint density at radius 1 is 1.05 bits per heavy atom. The Morgan fingerprint density at radius 2 is 1.73 bits per heavy atom. The van der Waals surface area contributed by atoms with E-state index in [2.05, 4.69) is 10.6 Å². The maximum absolute atomic E-state index is 13.0. The quantitative estimate of drug-likeness (QED) is 0.758. The van der Waals surface area contributed by atoms with Gasteiger partial charge >= 0.3 is 5.97 Å². The van der Waals surface area contributed by atoms with Crippen LogP contribution in [0, 0.1) is 5.82 Å². The number of amides is 1. The minimum absolute atomic E-state index is 0.0169. The third kappa shape index (κ3) is 4.10. The Balaban J connectivity index is 2.02. The van der Waals surface area contributed by atoms with Gasteiger partial charge in [-0.2, -0.15) is 0 Å². The molecule has 0 aromatic heterocycles. The summed E-state index contributed by atoms with van der Waals surface area (Å²) < 4.78 is 13.0. The van der Waals surface area contributed by atoms with E-state index in [-0.39, 0.29) is 16.2 Å². The first-order valence-corrected chi connectivity index (χ1v) is 6.58. The van der Waals surface area contributed by atoms with E-state index in [0.29, 0.717) is 5.69 Å². The van der Waals surface area contributed by atoms with Crippen molar-refractivity contribution in [3.63, 3.8) is 0 Å². The van der Waals surface area contributed by atoms with E-state index in [1.54, 1.807) is 12.1 Å². The van der Waals surface area contributed by atoms with E-state index < -0.39 is 17.7 Å². The minimum Gasteiger partial charge on any atom is -0.478 e. The number of carboxylic acid groups (broad SMARTS) is 1. The molecule has 3 N–H and O–H groups in total. The van der Waals surface area contributed by atoms with Crippen LogP contribution in [0.2, 0.25) is 0 Å². The number of hydrogen-bond donors (Lipinski definition) is 3. The van der Waals surface area contributed by atoms with Gasteiger partial charge in [0.05, 0.1) is 5.56 Å². The van der Waals surface area contributed by atoms with E-state index in [9.17, 15) is 14.0 Å². The zero-order valence-corrected chi connectivity index (χ0v) is 12.0. The number of carbonyl (C=O) groups excluding carboxylic acids is 1. The number of carbonyl (C=O) groups is 2. The van der Waals surface area contributed by atoms with Gasteiger partial charge in [0, 0.05) is 11.3 Å². The second-order valence-electron chi connectivity index (χ2n) is 4.30. The molecule has 2 rings (SSSR count). The molecule has 0 aliphatic rings. The molecule has 0 saturated heterocycles. The normalized spacial score (nSPS) is 9.86. The molecule has 112 valence electrons. The largest absolute Gasteiger partial charge is 0.478 e. The highest BCUT2D eigenvalue weighted by Gasteiger charge is 2.09. The Hall–Kier alpha value is -2.80. The van der Waals surface area contributed by atoms with Gasteiger partial charge in [0.2, 0.25) is 0 Å². The molecule has 0 heterocycles. The summed E-state index contributed by atoms with van der Waals surface area (Å²) in [6.07, 6.45) is 0. The van der Waals surface area contributed by atoms with Crippen molar-refractivity contribution in [3.8, 4) is 0 Å². The molecule has 5 nitrogen and oxygen atoms in total. The third-order valence-corrected chi connectivity index (χ3v) is 2.89. The molecular formula is C15H11FN2O3S. The Bertz CT molecular complexity index is 749. The average molecular weight is 318 g/mol. The lowest BCUT2D eigenvalue weighted by atomic mass is 10.2. The number of hydrogen-bond acceptors (Lipinski definition) is 3. The lowest BCUT2D eigenvalue weighted by molar-refractivity contribution is 0.0696. The number of thiocarbonyl (C=S) groups is 1. The summed E-state index contributed by atoms with van der Waals surface area (Å²) in [4.78, 5) is 22.7. The Labute approximate surface area is 130 Å². The molecule has 0 atom stereocenters. The predicted molar refractivity (Wildman–Crippen MR) is 83.5 cm³/mol. The van der Waals surface area contributed by atoms with Gasteiger partial charge in [-0.15, -0.1) is 0 Å². The van der Waals surface area contributed by atoms with Gasteiger partial charge in [0.25, 0.3) is 5.91 Å². The molecule has 1 amide bonds. The standard InChI is InChI=1S/C15H11FN2O3S/c16-11-5-1-3-9(7-11)13(19)18-15(22)17-12-6-2-4-10(8-12)14(20)21/h1-8H,(H,20,21)(H2,17,18,19,22). The Morgan fingerprint density at radius 3 is 2.41 bits per heavy atom. The van der Waals surface area contributed by atoms with Crippen LogP contribution in [0.25, 0.3) is 0 Å². The van der Waals surface area contributed by atoms with Crippen molar-refractivity contribution in [2.75, 3.05) is 5.32 Å². The van der Waals surface area contributed by atoms with Gasteiger partial charge in [-0.25, -0.2) is 9.18 Å². The molecule has 0 aliphatic heterocycles. The number of halogens is 1. The van der Waals surface area contributed by atoms with E-state index in [4.69, 9.17) is 17.3 Å². The summed E-state index contributed by atoms with van der Waals surface area (Å²) in [6, 6.07) is 11.1. The summed E-state index contributed by atoms with van der Waals surface area (Å²) in [6.45, 7) is 0. The number of benzene rings is 2. The van der Waals surface area contributed by atoms with E-state index in [1.165, 1.54) is 30.3 Å². The highest BCUT2D eigenvalue weighted by molar-refractivity contribution is 7.80. The zero-order valence-electron chi connectivity index (χ0n) is 11.2. The van der Waals surface area contributed by atoms with Crippen LogP contribution in [-0.2, 0) is 0 Å². The van der Waals surface area contributed by atoms with Crippen molar-refractivity contribution in [2.45, 2.75) is 0 Å². The number of carboxylic acids is 1. The third-order valence-electron chi connectivity index (χ3n) is 2.68. The van der Waals surface area contributed by atoms with E-state index in [0.717, 1.165) is 6.07 Å². The minimum atomic E-state index is -1.07. The average Bonchev–Trinajstić information content (AvgIpc) is 2.47. The van der Waals surface area contributed by atoms with Gasteiger partial charge < -0.3 is 10.4 Å². The van der Waals surface area contributed by atoms with Crippen LogP contribution in [0.15, 0.2) is 48.5 Å². The lowest BCUT2D eigenvalue weighted by Gasteiger charge is -2.10. The van der Waals surface area contributed by atoms with Crippen LogP contribution in [0.1, 0.15) is 20.7 Å².